The van der Waals surface area contributed by atoms with E-state index in [1.165, 1.54) is 142 Å². The van der Waals surface area contributed by atoms with E-state index in [2.05, 4.69) is 248 Å². The van der Waals surface area contributed by atoms with E-state index < -0.39 is 0 Å². The Morgan fingerprint density at radius 1 is 0.214 bits per heavy atom. The van der Waals surface area contributed by atoms with Crippen molar-refractivity contribution < 1.29 is 0 Å². The number of hydrogen-bond acceptors (Lipinski definition) is 0. The molecule has 0 fully saturated rings. The van der Waals surface area contributed by atoms with E-state index in [0.29, 0.717) is 0 Å². The minimum Gasteiger partial charge on any atom is -0.309 e. The molecule has 6 heterocycles. The molecule has 17 aromatic rings. The molecule has 4 heteroatoms. The third kappa shape index (κ3) is 4.47. The summed E-state index contributed by atoms with van der Waals surface area (Å²) in [4.78, 5) is 0. The Labute approximate surface area is 400 Å². The zero-order valence-electron chi connectivity index (χ0n) is 37.7. The monoisotopic (exact) mass is 886 g/mol. The lowest BCUT2D eigenvalue weighted by Crippen LogP contribution is -1.94. The van der Waals surface area contributed by atoms with Gasteiger partial charge >= 0.3 is 0 Å². The molecule has 0 amide bonds. The highest BCUT2D eigenvalue weighted by atomic mass is 15.0. The predicted molar refractivity (Wildman–Crippen MR) is 295 cm³/mol. The highest BCUT2D eigenvalue weighted by Crippen LogP contribution is 2.55. The highest BCUT2D eigenvalue weighted by Gasteiger charge is 2.31. The van der Waals surface area contributed by atoms with Crippen molar-refractivity contribution >= 4 is 120 Å². The van der Waals surface area contributed by atoms with Gasteiger partial charge in [0.05, 0.1) is 55.2 Å². The molecule has 0 atom stereocenters. The van der Waals surface area contributed by atoms with Crippen molar-refractivity contribution in [2.24, 2.45) is 0 Å². The average molecular weight is 887 g/mol. The van der Waals surface area contributed by atoms with E-state index in [1.807, 2.05) is 0 Å². The lowest BCUT2D eigenvalue weighted by molar-refractivity contribution is 1.18. The summed E-state index contributed by atoms with van der Waals surface area (Å²) < 4.78 is 10.2. The van der Waals surface area contributed by atoms with Crippen LogP contribution in [0.4, 0.5) is 0 Å². The van der Waals surface area contributed by atoms with Gasteiger partial charge in [0.1, 0.15) is 0 Å². The van der Waals surface area contributed by atoms with E-state index in [0.717, 1.165) is 11.4 Å². The quantitative estimate of drug-likeness (QED) is 0.168. The van der Waals surface area contributed by atoms with Crippen LogP contribution >= 0.6 is 0 Å². The normalized spacial score (nSPS) is 12.6. The molecule has 70 heavy (non-hydrogen) atoms. The molecule has 11 aromatic carbocycles. The molecular formula is C66H38N4. The maximum Gasteiger partial charge on any atom is 0.0647 e. The first-order chi connectivity index (χ1) is 34.8. The molecule has 0 radical (unpaired) electrons. The van der Waals surface area contributed by atoms with Crippen molar-refractivity contribution in [3.05, 3.63) is 231 Å². The van der Waals surface area contributed by atoms with Crippen LogP contribution in [-0.2, 0) is 0 Å². The molecule has 0 aliphatic heterocycles. The molecule has 0 N–H and O–H groups in total. The summed E-state index contributed by atoms with van der Waals surface area (Å²) in [5.74, 6) is 0. The van der Waals surface area contributed by atoms with Gasteiger partial charge in [-0.2, -0.15) is 0 Å². The van der Waals surface area contributed by atoms with Crippen molar-refractivity contribution in [2.45, 2.75) is 0 Å². The van der Waals surface area contributed by atoms with Crippen molar-refractivity contribution in [1.82, 2.24) is 17.9 Å². The van der Waals surface area contributed by atoms with Gasteiger partial charge in [-0.1, -0.05) is 170 Å². The van der Waals surface area contributed by atoms with Crippen LogP contribution in [-0.4, -0.2) is 17.9 Å². The summed E-state index contributed by atoms with van der Waals surface area (Å²) in [6.07, 6.45) is 0. The fourth-order valence-electron chi connectivity index (χ4n) is 13.1. The summed E-state index contributed by atoms with van der Waals surface area (Å²) >= 11 is 0. The van der Waals surface area contributed by atoms with Gasteiger partial charge in [-0.05, 0) is 71.8 Å². The van der Waals surface area contributed by atoms with E-state index in [-0.39, 0.29) is 0 Å². The number of benzene rings is 11. The van der Waals surface area contributed by atoms with Crippen LogP contribution in [0.1, 0.15) is 0 Å². The highest BCUT2D eigenvalue weighted by molar-refractivity contribution is 6.39. The van der Waals surface area contributed by atoms with Crippen LogP contribution in [0.5, 0.6) is 0 Å². The Morgan fingerprint density at radius 2 is 0.557 bits per heavy atom. The third-order valence-electron chi connectivity index (χ3n) is 15.7. The summed E-state index contributed by atoms with van der Waals surface area (Å²) in [5.41, 5.74) is 19.5. The van der Waals surface area contributed by atoms with E-state index in [4.69, 9.17) is 0 Å². The van der Waals surface area contributed by atoms with Crippen molar-refractivity contribution in [3.63, 3.8) is 0 Å². The first kappa shape index (κ1) is 36.7. The van der Waals surface area contributed by atoms with Crippen LogP contribution in [0.15, 0.2) is 231 Å². The van der Waals surface area contributed by atoms with Crippen molar-refractivity contribution in [1.29, 1.82) is 0 Å². The average Bonchev–Trinajstić information content (AvgIpc) is 4.26. The fraction of sp³-hybridized carbons (Fsp3) is 0. The lowest BCUT2D eigenvalue weighted by Gasteiger charge is -2.16. The Balaban J connectivity index is 1.13. The first-order valence-electron chi connectivity index (χ1n) is 24.3. The largest absolute Gasteiger partial charge is 0.309 e. The van der Waals surface area contributed by atoms with Crippen molar-refractivity contribution in [3.8, 4) is 33.6 Å². The van der Waals surface area contributed by atoms with Crippen LogP contribution in [0.3, 0.4) is 0 Å². The molecule has 0 spiro atoms. The maximum absolute atomic E-state index is 2.65. The number of para-hydroxylation sites is 6. The Hall–Kier alpha value is -9.38. The number of fused-ring (bicyclic) bond motifs is 18. The van der Waals surface area contributed by atoms with Gasteiger partial charge in [-0.15, -0.1) is 0 Å². The van der Waals surface area contributed by atoms with Gasteiger partial charge in [0.2, 0.25) is 0 Å². The Morgan fingerprint density at radius 3 is 1.01 bits per heavy atom. The predicted octanol–water partition coefficient (Wildman–Crippen LogP) is 17.5. The molecule has 0 aliphatic carbocycles. The number of nitrogens with zero attached hydrogens (tertiary/aromatic N) is 4. The third-order valence-corrected chi connectivity index (χ3v) is 15.7. The molecule has 0 saturated heterocycles. The van der Waals surface area contributed by atoms with Crippen LogP contribution in [0.2, 0.25) is 0 Å². The van der Waals surface area contributed by atoms with Crippen LogP contribution in [0.25, 0.3) is 153 Å². The maximum atomic E-state index is 2.65. The molecule has 6 aromatic heterocycles. The summed E-state index contributed by atoms with van der Waals surface area (Å²) in [6.45, 7) is 0. The topological polar surface area (TPSA) is 18.7 Å². The second kappa shape index (κ2) is 13.2. The molecule has 322 valence electrons. The van der Waals surface area contributed by atoms with E-state index in [1.54, 1.807) is 0 Å². The second-order valence-corrected chi connectivity index (χ2v) is 19.2. The molecule has 0 saturated carbocycles. The minimum atomic E-state index is 1.16. The molecule has 0 unspecified atom stereocenters. The molecule has 4 nitrogen and oxygen atoms in total. The van der Waals surface area contributed by atoms with Gasteiger partial charge in [0.15, 0.2) is 0 Å². The Bertz CT molecular complexity index is 4740. The van der Waals surface area contributed by atoms with Gasteiger partial charge in [0.25, 0.3) is 0 Å². The molecule has 0 aliphatic rings. The number of aromatic nitrogens is 4. The van der Waals surface area contributed by atoms with Gasteiger partial charge in [-0.25, -0.2) is 0 Å². The summed E-state index contributed by atoms with van der Waals surface area (Å²) in [6, 6.07) is 85.8. The van der Waals surface area contributed by atoms with Gasteiger partial charge in [-0.3, -0.25) is 0 Å². The zero-order chi connectivity index (χ0) is 45.3. The first-order valence-corrected chi connectivity index (χ1v) is 24.3. The van der Waals surface area contributed by atoms with Crippen LogP contribution in [0, 0.1) is 0 Å². The van der Waals surface area contributed by atoms with Crippen LogP contribution < -0.4 is 0 Å². The molecular weight excluding hydrogens is 849 g/mol. The fourth-order valence-corrected chi connectivity index (χ4v) is 13.1. The molecule has 17 rings (SSSR count). The Kier molecular flexibility index (Phi) is 6.92. The van der Waals surface area contributed by atoms with Gasteiger partial charge in [0, 0.05) is 87.1 Å². The van der Waals surface area contributed by atoms with Gasteiger partial charge < -0.3 is 17.9 Å². The van der Waals surface area contributed by atoms with E-state index >= 15 is 0 Å². The lowest BCUT2D eigenvalue weighted by atomic mass is 9.89. The number of rotatable bonds is 4. The standard InChI is InChI=1S/C66H38N4/c1-5-19-39(20-6-1)59-61-47-31-17-29-45-51-37-55-49(43-27-13-15-33-53(43)67(55)41-23-9-3-10-24-41)35-57(51)69(63(45)47)65(61)60(40-21-7-2-8-22-40)66-62(59)48-32-18-30-46-52-38-56-50(36-58(52)70(66)64(46)48)44-28-14-16-34-54(44)68(56)42-25-11-4-12-26-42/h1-38H. The van der Waals surface area contributed by atoms with Crippen molar-refractivity contribution in [2.75, 3.05) is 0 Å². The smallest absolute Gasteiger partial charge is 0.0647 e. The zero-order valence-corrected chi connectivity index (χ0v) is 37.7. The minimum absolute atomic E-state index is 1.16. The number of hydrogen-bond donors (Lipinski definition) is 0. The summed E-state index contributed by atoms with van der Waals surface area (Å²) in [5, 5.41) is 15.1. The SMILES string of the molecule is c1ccc(-c2c3c4cccc5c6cc7c(cc6n(c3c(-c3ccccc3)c3c2c2cccc6c8cc9c(cc8n3c62)c2ccccc2n9-c2ccccc2)c54)c2ccccc2n7-c2ccccc2)cc1. The summed E-state index contributed by atoms with van der Waals surface area (Å²) in [7, 11) is 0. The van der Waals surface area contributed by atoms with E-state index in [9.17, 15) is 0 Å². The second-order valence-electron chi connectivity index (χ2n) is 19.2. The molecule has 0 bridgehead atoms.